The minimum Gasteiger partial charge on any atom is -0.392 e. The molecular formula is C14H19ClN2O2. The van der Waals surface area contributed by atoms with E-state index in [0.717, 1.165) is 0 Å². The molecule has 1 saturated carbocycles. The van der Waals surface area contributed by atoms with Crippen LogP contribution in [0.2, 0.25) is 5.02 Å². The van der Waals surface area contributed by atoms with E-state index in [1.165, 1.54) is 0 Å². The van der Waals surface area contributed by atoms with Crippen molar-refractivity contribution in [3.8, 4) is 0 Å². The molecule has 5 heteroatoms. The second-order valence-electron chi connectivity index (χ2n) is 5.56. The smallest absolute Gasteiger partial charge is 0.238 e. The van der Waals surface area contributed by atoms with E-state index in [1.807, 2.05) is 13.8 Å². The maximum atomic E-state index is 11.8. The fourth-order valence-electron chi connectivity index (χ4n) is 2.24. The third kappa shape index (κ3) is 3.26. The fraction of sp³-hybridized carbons (Fsp3) is 0.500. The van der Waals surface area contributed by atoms with Gasteiger partial charge < -0.3 is 15.7 Å². The first-order valence-electron chi connectivity index (χ1n) is 6.36. The van der Waals surface area contributed by atoms with Crippen molar-refractivity contribution in [1.29, 1.82) is 0 Å². The van der Waals surface area contributed by atoms with Gasteiger partial charge in [0.05, 0.1) is 12.6 Å². The first-order chi connectivity index (χ1) is 8.89. The molecule has 0 bridgehead atoms. The van der Waals surface area contributed by atoms with E-state index >= 15 is 0 Å². The van der Waals surface area contributed by atoms with Crippen LogP contribution in [0, 0.1) is 5.41 Å². The highest BCUT2D eigenvalue weighted by molar-refractivity contribution is 6.30. The summed E-state index contributed by atoms with van der Waals surface area (Å²) in [4.78, 5) is 11.8. The lowest BCUT2D eigenvalue weighted by Gasteiger charge is -2.49. The van der Waals surface area contributed by atoms with Crippen LogP contribution in [-0.2, 0) is 4.79 Å². The molecule has 0 aromatic heterocycles. The summed E-state index contributed by atoms with van der Waals surface area (Å²) < 4.78 is 0. The summed E-state index contributed by atoms with van der Waals surface area (Å²) in [6.07, 6.45) is 0.401. The van der Waals surface area contributed by atoms with Gasteiger partial charge in [0.15, 0.2) is 0 Å². The number of aliphatic hydroxyl groups is 1. The van der Waals surface area contributed by atoms with Gasteiger partial charge in [0.1, 0.15) is 0 Å². The van der Waals surface area contributed by atoms with Gasteiger partial charge in [-0.3, -0.25) is 4.79 Å². The highest BCUT2D eigenvalue weighted by Gasteiger charge is 2.46. The first-order valence-corrected chi connectivity index (χ1v) is 6.74. The van der Waals surface area contributed by atoms with Crippen LogP contribution >= 0.6 is 11.6 Å². The van der Waals surface area contributed by atoms with Gasteiger partial charge in [-0.1, -0.05) is 31.5 Å². The summed E-state index contributed by atoms with van der Waals surface area (Å²) in [5.41, 5.74) is 0.517. The number of carbonyl (C=O) groups is 1. The molecule has 4 nitrogen and oxygen atoms in total. The lowest BCUT2D eigenvalue weighted by Crippen LogP contribution is -2.60. The molecule has 104 valence electrons. The number of carbonyl (C=O) groups excluding carboxylic acids is 1. The molecule has 0 aliphatic heterocycles. The summed E-state index contributed by atoms with van der Waals surface area (Å²) in [5.74, 6) is -0.112. The predicted octanol–water partition coefficient (Wildman–Crippen LogP) is 2.03. The number of rotatable bonds is 4. The minimum atomic E-state index is -0.291. The van der Waals surface area contributed by atoms with Gasteiger partial charge in [-0.15, -0.1) is 0 Å². The summed E-state index contributed by atoms with van der Waals surface area (Å²) >= 11 is 5.85. The zero-order chi connectivity index (χ0) is 14.0. The lowest BCUT2D eigenvalue weighted by atomic mass is 9.64. The molecule has 2 unspecified atom stereocenters. The minimum absolute atomic E-state index is 0.112. The molecule has 3 N–H and O–H groups in total. The zero-order valence-electron chi connectivity index (χ0n) is 11.1. The Bertz CT molecular complexity index is 476. The number of hydrogen-bond donors (Lipinski definition) is 3. The normalized spacial score (nSPS) is 24.6. The molecular weight excluding hydrogens is 264 g/mol. The van der Waals surface area contributed by atoms with Crippen LogP contribution < -0.4 is 10.6 Å². The number of anilines is 1. The van der Waals surface area contributed by atoms with E-state index in [2.05, 4.69) is 10.6 Å². The van der Waals surface area contributed by atoms with Crippen LogP contribution in [0.15, 0.2) is 24.3 Å². The number of benzene rings is 1. The molecule has 2 rings (SSSR count). The molecule has 1 amide bonds. The van der Waals surface area contributed by atoms with Gasteiger partial charge in [0, 0.05) is 22.2 Å². The number of aliphatic hydroxyl groups excluding tert-OH is 1. The Balaban J connectivity index is 1.80. The van der Waals surface area contributed by atoms with Gasteiger partial charge in [-0.2, -0.15) is 0 Å². The Kier molecular flexibility index (Phi) is 4.13. The van der Waals surface area contributed by atoms with Gasteiger partial charge >= 0.3 is 0 Å². The third-order valence-corrected chi connectivity index (χ3v) is 4.07. The Labute approximate surface area is 118 Å². The zero-order valence-corrected chi connectivity index (χ0v) is 11.9. The third-order valence-electron chi connectivity index (χ3n) is 3.83. The summed E-state index contributed by atoms with van der Waals surface area (Å²) in [6, 6.07) is 7.22. The molecule has 0 saturated heterocycles. The quantitative estimate of drug-likeness (QED) is 0.792. The van der Waals surface area contributed by atoms with Crippen LogP contribution in [0.3, 0.4) is 0 Å². The molecule has 19 heavy (non-hydrogen) atoms. The van der Waals surface area contributed by atoms with Gasteiger partial charge in [0.25, 0.3) is 0 Å². The molecule has 0 heterocycles. The number of hydrogen-bond acceptors (Lipinski definition) is 3. The van der Waals surface area contributed by atoms with E-state index in [4.69, 9.17) is 11.6 Å². The fourth-order valence-corrected chi connectivity index (χ4v) is 2.43. The van der Waals surface area contributed by atoms with E-state index in [-0.39, 0.29) is 30.0 Å². The molecule has 1 aromatic carbocycles. The largest absolute Gasteiger partial charge is 0.392 e. The van der Waals surface area contributed by atoms with Crippen molar-refractivity contribution < 1.29 is 9.90 Å². The Hall–Kier alpha value is -1.10. The second-order valence-corrected chi connectivity index (χ2v) is 6.00. The predicted molar refractivity (Wildman–Crippen MR) is 76.3 cm³/mol. The van der Waals surface area contributed by atoms with Crippen molar-refractivity contribution in [2.45, 2.75) is 32.4 Å². The van der Waals surface area contributed by atoms with E-state index in [9.17, 15) is 9.90 Å². The van der Waals surface area contributed by atoms with Gasteiger partial charge in [-0.25, -0.2) is 0 Å². The maximum Gasteiger partial charge on any atom is 0.238 e. The molecule has 1 aromatic rings. The van der Waals surface area contributed by atoms with Crippen molar-refractivity contribution in [3.05, 3.63) is 29.3 Å². The monoisotopic (exact) mass is 282 g/mol. The van der Waals surface area contributed by atoms with Crippen LogP contribution in [0.25, 0.3) is 0 Å². The van der Waals surface area contributed by atoms with Crippen molar-refractivity contribution >= 4 is 23.2 Å². The number of halogens is 1. The van der Waals surface area contributed by atoms with Crippen LogP contribution in [-0.4, -0.2) is 29.7 Å². The van der Waals surface area contributed by atoms with Crippen molar-refractivity contribution in [2.24, 2.45) is 5.41 Å². The highest BCUT2D eigenvalue weighted by Crippen LogP contribution is 2.40. The summed E-state index contributed by atoms with van der Waals surface area (Å²) in [6.45, 7) is 4.22. The SMILES string of the molecule is CC1(C)C(O)CC1NCC(=O)Nc1cccc(Cl)c1. The second kappa shape index (κ2) is 5.49. The standard InChI is InChI=1S/C14H19ClN2O2/c1-14(2)11(7-12(14)18)16-8-13(19)17-10-5-3-4-9(15)6-10/h3-6,11-12,16,18H,7-8H2,1-2H3,(H,17,19). The highest BCUT2D eigenvalue weighted by atomic mass is 35.5. The maximum absolute atomic E-state index is 11.8. The molecule has 2 atom stereocenters. The molecule has 1 aliphatic carbocycles. The van der Waals surface area contributed by atoms with Crippen molar-refractivity contribution in [3.63, 3.8) is 0 Å². The average Bonchev–Trinajstić information content (AvgIpc) is 2.34. The average molecular weight is 283 g/mol. The topological polar surface area (TPSA) is 61.4 Å². The molecule has 0 spiro atoms. The number of nitrogens with one attached hydrogen (secondary N) is 2. The summed E-state index contributed by atoms with van der Waals surface area (Å²) in [7, 11) is 0. The lowest BCUT2D eigenvalue weighted by molar-refractivity contribution is -0.117. The van der Waals surface area contributed by atoms with Crippen LogP contribution in [0.1, 0.15) is 20.3 Å². The van der Waals surface area contributed by atoms with Crippen molar-refractivity contribution in [1.82, 2.24) is 5.32 Å². The first kappa shape index (κ1) is 14.3. The Morgan fingerprint density at radius 3 is 2.84 bits per heavy atom. The van der Waals surface area contributed by atoms with Gasteiger partial charge in [0.2, 0.25) is 5.91 Å². The molecule has 1 fully saturated rings. The summed E-state index contributed by atoms with van der Waals surface area (Å²) in [5, 5.41) is 16.2. The number of amides is 1. The van der Waals surface area contributed by atoms with E-state index in [0.29, 0.717) is 17.1 Å². The Morgan fingerprint density at radius 1 is 1.53 bits per heavy atom. The van der Waals surface area contributed by atoms with E-state index in [1.54, 1.807) is 24.3 Å². The molecule has 1 aliphatic rings. The van der Waals surface area contributed by atoms with Crippen LogP contribution in [0.4, 0.5) is 5.69 Å². The van der Waals surface area contributed by atoms with Crippen molar-refractivity contribution in [2.75, 3.05) is 11.9 Å². The van der Waals surface area contributed by atoms with E-state index < -0.39 is 0 Å². The Morgan fingerprint density at radius 2 is 2.26 bits per heavy atom. The van der Waals surface area contributed by atoms with Gasteiger partial charge in [-0.05, 0) is 24.6 Å². The molecule has 0 radical (unpaired) electrons. The van der Waals surface area contributed by atoms with Crippen LogP contribution in [0.5, 0.6) is 0 Å².